The third-order valence-electron chi connectivity index (χ3n) is 3.71. The van der Waals surface area contributed by atoms with Crippen LogP contribution in [0.2, 0.25) is 0 Å². The predicted octanol–water partition coefficient (Wildman–Crippen LogP) is 3.80. The number of nitrogens with one attached hydrogen (secondary N) is 1. The molecule has 0 radical (unpaired) electrons. The smallest absolute Gasteiger partial charge is 0.251 e. The molecule has 2 rings (SSSR count). The van der Waals surface area contributed by atoms with E-state index in [0.717, 1.165) is 5.56 Å². The summed E-state index contributed by atoms with van der Waals surface area (Å²) in [6, 6.07) is 13.4. The van der Waals surface area contributed by atoms with Gasteiger partial charge in [0.15, 0.2) is 0 Å². The van der Waals surface area contributed by atoms with Gasteiger partial charge in [-0.25, -0.2) is 0 Å². The van der Waals surface area contributed by atoms with Gasteiger partial charge < -0.3 is 10.1 Å². The van der Waals surface area contributed by atoms with Crippen LogP contribution in [0.15, 0.2) is 42.5 Å². The Labute approximate surface area is 126 Å². The Balaban J connectivity index is 2.12. The van der Waals surface area contributed by atoms with Crippen molar-refractivity contribution in [1.82, 2.24) is 5.32 Å². The molecule has 21 heavy (non-hydrogen) atoms. The van der Waals surface area contributed by atoms with E-state index in [2.05, 4.69) is 37.4 Å². The molecule has 1 amide bonds. The molecule has 1 atom stereocenters. The van der Waals surface area contributed by atoms with Gasteiger partial charge in [-0.05, 0) is 55.7 Å². The normalized spacial score (nSPS) is 11.8. The Bertz CT molecular complexity index is 649. The van der Waals surface area contributed by atoms with E-state index in [1.165, 1.54) is 11.1 Å². The maximum absolute atomic E-state index is 12.3. The summed E-state index contributed by atoms with van der Waals surface area (Å²) in [5, 5.41) is 3.02. The van der Waals surface area contributed by atoms with Gasteiger partial charge in [-0.15, -0.1) is 0 Å². The zero-order valence-corrected chi connectivity index (χ0v) is 12.9. The van der Waals surface area contributed by atoms with E-state index in [1.54, 1.807) is 19.2 Å². The van der Waals surface area contributed by atoms with Gasteiger partial charge >= 0.3 is 0 Å². The maximum atomic E-state index is 12.3. The number of methoxy groups -OCH3 is 1. The zero-order valence-electron chi connectivity index (χ0n) is 12.9. The number of hydrogen-bond acceptors (Lipinski definition) is 2. The van der Waals surface area contributed by atoms with Crippen molar-refractivity contribution in [2.45, 2.75) is 26.8 Å². The van der Waals surface area contributed by atoms with E-state index in [9.17, 15) is 4.79 Å². The number of carbonyl (C=O) groups is 1. The standard InChI is InChI=1S/C18H21NO2/c1-12-8-9-15(10-13(12)2)14(3)19-18(20)16-6-5-7-17(11-16)21-4/h5-11,14H,1-4H3,(H,19,20)/t14-/m1/s1. The van der Waals surface area contributed by atoms with E-state index in [0.29, 0.717) is 11.3 Å². The Morgan fingerprint density at radius 2 is 1.86 bits per heavy atom. The average Bonchev–Trinajstić information content (AvgIpc) is 2.49. The van der Waals surface area contributed by atoms with E-state index in [4.69, 9.17) is 4.74 Å². The van der Waals surface area contributed by atoms with Crippen molar-refractivity contribution in [2.75, 3.05) is 7.11 Å². The summed E-state index contributed by atoms with van der Waals surface area (Å²) < 4.78 is 5.14. The Morgan fingerprint density at radius 1 is 1.10 bits per heavy atom. The fourth-order valence-corrected chi connectivity index (χ4v) is 2.16. The molecule has 0 aliphatic rings. The van der Waals surface area contributed by atoms with Gasteiger partial charge in [0.2, 0.25) is 0 Å². The SMILES string of the molecule is COc1cccc(C(=O)N[C@H](C)c2ccc(C)c(C)c2)c1. The molecular weight excluding hydrogens is 262 g/mol. The van der Waals surface area contributed by atoms with Gasteiger partial charge in [-0.1, -0.05) is 24.3 Å². The zero-order chi connectivity index (χ0) is 15.4. The number of ether oxygens (including phenoxy) is 1. The predicted molar refractivity (Wildman–Crippen MR) is 84.8 cm³/mol. The minimum Gasteiger partial charge on any atom is -0.497 e. The first-order chi connectivity index (χ1) is 10.0. The summed E-state index contributed by atoms with van der Waals surface area (Å²) in [5.74, 6) is 0.584. The van der Waals surface area contributed by atoms with Gasteiger partial charge in [-0.3, -0.25) is 4.79 Å². The summed E-state index contributed by atoms with van der Waals surface area (Å²) >= 11 is 0. The van der Waals surface area contributed by atoms with Crippen LogP contribution in [0.25, 0.3) is 0 Å². The van der Waals surface area contributed by atoms with E-state index in [-0.39, 0.29) is 11.9 Å². The van der Waals surface area contributed by atoms with E-state index < -0.39 is 0 Å². The molecule has 0 spiro atoms. The molecule has 0 aliphatic heterocycles. The van der Waals surface area contributed by atoms with Gasteiger partial charge in [0, 0.05) is 5.56 Å². The lowest BCUT2D eigenvalue weighted by Crippen LogP contribution is -2.26. The second-order valence-electron chi connectivity index (χ2n) is 5.27. The summed E-state index contributed by atoms with van der Waals surface area (Å²) in [6.45, 7) is 6.15. The van der Waals surface area contributed by atoms with Crippen LogP contribution in [0.5, 0.6) is 5.75 Å². The van der Waals surface area contributed by atoms with Crippen LogP contribution in [-0.4, -0.2) is 13.0 Å². The van der Waals surface area contributed by atoms with Crippen LogP contribution in [0.3, 0.4) is 0 Å². The number of aryl methyl sites for hydroxylation is 2. The molecule has 0 aliphatic carbocycles. The molecule has 0 aromatic heterocycles. The summed E-state index contributed by atoms with van der Waals surface area (Å²) in [5.41, 5.74) is 4.19. The molecule has 0 bridgehead atoms. The molecule has 2 aromatic rings. The average molecular weight is 283 g/mol. The van der Waals surface area contributed by atoms with Crippen molar-refractivity contribution in [3.8, 4) is 5.75 Å². The van der Waals surface area contributed by atoms with Crippen molar-refractivity contribution < 1.29 is 9.53 Å². The van der Waals surface area contributed by atoms with E-state index in [1.807, 2.05) is 19.1 Å². The molecule has 0 unspecified atom stereocenters. The van der Waals surface area contributed by atoms with Crippen LogP contribution >= 0.6 is 0 Å². The summed E-state index contributed by atoms with van der Waals surface area (Å²) in [4.78, 5) is 12.3. The second-order valence-corrected chi connectivity index (χ2v) is 5.27. The van der Waals surface area contributed by atoms with Gasteiger partial charge in [0.1, 0.15) is 5.75 Å². The molecule has 0 saturated heterocycles. The Kier molecular flexibility index (Phi) is 4.63. The first-order valence-electron chi connectivity index (χ1n) is 7.03. The molecule has 2 aromatic carbocycles. The lowest BCUT2D eigenvalue weighted by molar-refractivity contribution is 0.0939. The number of rotatable bonds is 4. The monoisotopic (exact) mass is 283 g/mol. The highest BCUT2D eigenvalue weighted by molar-refractivity contribution is 5.94. The molecule has 1 N–H and O–H groups in total. The molecule has 0 heterocycles. The van der Waals surface area contributed by atoms with Gasteiger partial charge in [0.25, 0.3) is 5.91 Å². The van der Waals surface area contributed by atoms with E-state index >= 15 is 0 Å². The molecule has 3 nitrogen and oxygen atoms in total. The van der Waals surface area contributed by atoms with Crippen molar-refractivity contribution in [3.63, 3.8) is 0 Å². The highest BCUT2D eigenvalue weighted by atomic mass is 16.5. The fourth-order valence-electron chi connectivity index (χ4n) is 2.16. The highest BCUT2D eigenvalue weighted by Gasteiger charge is 2.12. The molecule has 110 valence electrons. The second kappa shape index (κ2) is 6.44. The Morgan fingerprint density at radius 3 is 2.52 bits per heavy atom. The quantitative estimate of drug-likeness (QED) is 0.926. The molecule has 0 saturated carbocycles. The van der Waals surface area contributed by atoms with Crippen molar-refractivity contribution >= 4 is 5.91 Å². The fraction of sp³-hybridized carbons (Fsp3) is 0.278. The lowest BCUT2D eigenvalue weighted by atomic mass is 10.0. The number of hydrogen-bond donors (Lipinski definition) is 1. The Hall–Kier alpha value is -2.29. The first kappa shape index (κ1) is 15.1. The maximum Gasteiger partial charge on any atom is 0.251 e. The first-order valence-corrected chi connectivity index (χ1v) is 7.03. The summed E-state index contributed by atoms with van der Waals surface area (Å²) in [6.07, 6.45) is 0. The number of benzene rings is 2. The molecule has 0 fully saturated rings. The van der Waals surface area contributed by atoms with Gasteiger partial charge in [0.05, 0.1) is 13.2 Å². The van der Waals surface area contributed by atoms with Crippen molar-refractivity contribution in [2.24, 2.45) is 0 Å². The van der Waals surface area contributed by atoms with Crippen LogP contribution in [0.4, 0.5) is 0 Å². The van der Waals surface area contributed by atoms with Crippen molar-refractivity contribution in [1.29, 1.82) is 0 Å². The highest BCUT2D eigenvalue weighted by Crippen LogP contribution is 2.18. The van der Waals surface area contributed by atoms with Crippen LogP contribution < -0.4 is 10.1 Å². The minimum absolute atomic E-state index is 0.0389. The lowest BCUT2D eigenvalue weighted by Gasteiger charge is -2.16. The third kappa shape index (κ3) is 3.63. The number of amides is 1. The largest absolute Gasteiger partial charge is 0.497 e. The van der Waals surface area contributed by atoms with Gasteiger partial charge in [-0.2, -0.15) is 0 Å². The molecular formula is C18H21NO2. The van der Waals surface area contributed by atoms with Crippen LogP contribution in [0, 0.1) is 13.8 Å². The van der Waals surface area contributed by atoms with Crippen molar-refractivity contribution in [3.05, 3.63) is 64.7 Å². The minimum atomic E-state index is -0.0976. The topological polar surface area (TPSA) is 38.3 Å². The number of carbonyl (C=O) groups excluding carboxylic acids is 1. The van der Waals surface area contributed by atoms with Crippen LogP contribution in [0.1, 0.15) is 40.0 Å². The molecule has 3 heteroatoms. The summed E-state index contributed by atoms with van der Waals surface area (Å²) in [7, 11) is 1.59. The third-order valence-corrected chi connectivity index (χ3v) is 3.71. The van der Waals surface area contributed by atoms with Crippen LogP contribution in [-0.2, 0) is 0 Å².